The number of aromatic hydroxyl groups is 1. The second kappa shape index (κ2) is 8.05. The van der Waals surface area contributed by atoms with Gasteiger partial charge in [-0.1, -0.05) is 23.2 Å². The summed E-state index contributed by atoms with van der Waals surface area (Å²) >= 11 is 11.7. The molecule has 1 saturated heterocycles. The van der Waals surface area contributed by atoms with Crippen molar-refractivity contribution >= 4 is 35.0 Å². The molecule has 8 heteroatoms. The lowest BCUT2D eigenvalue weighted by Gasteiger charge is -2.33. The molecule has 6 nitrogen and oxygen atoms in total. The first-order valence-electron chi connectivity index (χ1n) is 7.69. The average molecular weight is 374 g/mol. The Bertz CT molecular complexity index is 629. The number of rotatable bonds is 4. The van der Waals surface area contributed by atoms with Gasteiger partial charge in [0, 0.05) is 24.2 Å². The molecule has 1 aromatic rings. The molecule has 1 heterocycles. The van der Waals surface area contributed by atoms with Gasteiger partial charge >= 0.3 is 0 Å². The molecule has 0 bridgehead atoms. The van der Waals surface area contributed by atoms with E-state index in [-0.39, 0.29) is 33.3 Å². The van der Waals surface area contributed by atoms with Crippen molar-refractivity contribution < 1.29 is 14.7 Å². The standard InChI is InChI=1S/C16H21Cl2N3O3/c1-20(2)9-14(22)21-5-3-11(4-6-21)19-16(24)12-7-10(17)8-13(18)15(12)23/h7-8,11,23H,3-6,9H2,1-2H3,(H,19,24). The van der Waals surface area contributed by atoms with Crippen molar-refractivity contribution in [2.24, 2.45) is 0 Å². The number of hydrogen-bond acceptors (Lipinski definition) is 4. The summed E-state index contributed by atoms with van der Waals surface area (Å²) in [5, 5.41) is 13.1. The Balaban J connectivity index is 1.92. The molecule has 0 aromatic heterocycles. The molecule has 0 unspecified atom stereocenters. The number of hydrogen-bond donors (Lipinski definition) is 2. The predicted molar refractivity (Wildman–Crippen MR) is 93.7 cm³/mol. The molecule has 2 N–H and O–H groups in total. The van der Waals surface area contributed by atoms with E-state index in [2.05, 4.69) is 5.32 Å². The van der Waals surface area contributed by atoms with Crippen LogP contribution >= 0.6 is 23.2 Å². The Kier molecular flexibility index (Phi) is 6.32. The number of phenolic OH excluding ortho intramolecular Hbond substituents is 1. The molecule has 1 fully saturated rings. The fraction of sp³-hybridized carbons (Fsp3) is 0.500. The number of amides is 2. The number of halogens is 2. The normalized spacial score (nSPS) is 15.6. The van der Waals surface area contributed by atoms with Crippen LogP contribution in [0.15, 0.2) is 12.1 Å². The summed E-state index contributed by atoms with van der Waals surface area (Å²) in [6.45, 7) is 1.58. The SMILES string of the molecule is CN(C)CC(=O)N1CCC(NC(=O)c2cc(Cl)cc(Cl)c2O)CC1. The summed E-state index contributed by atoms with van der Waals surface area (Å²) in [5.41, 5.74) is 0.0543. The number of carbonyl (C=O) groups excluding carboxylic acids is 2. The number of likely N-dealkylation sites (N-methyl/N-ethyl adjacent to an activating group) is 1. The third-order valence-electron chi connectivity index (χ3n) is 3.91. The summed E-state index contributed by atoms with van der Waals surface area (Å²) in [5.74, 6) is -0.615. The second-order valence-corrected chi connectivity index (χ2v) is 6.99. The minimum absolute atomic E-state index is 0.0387. The van der Waals surface area contributed by atoms with Gasteiger partial charge in [-0.05, 0) is 39.1 Å². The van der Waals surface area contributed by atoms with Gasteiger partial charge in [0.2, 0.25) is 5.91 Å². The molecule has 0 aliphatic carbocycles. The minimum Gasteiger partial charge on any atom is -0.506 e. The number of phenols is 1. The zero-order valence-electron chi connectivity index (χ0n) is 13.7. The van der Waals surface area contributed by atoms with Crippen molar-refractivity contribution in [2.45, 2.75) is 18.9 Å². The first-order chi connectivity index (χ1) is 11.3. The molecule has 1 aromatic carbocycles. The van der Waals surface area contributed by atoms with E-state index in [0.29, 0.717) is 32.5 Å². The molecular weight excluding hydrogens is 353 g/mol. The van der Waals surface area contributed by atoms with Crippen LogP contribution in [-0.4, -0.2) is 66.5 Å². The largest absolute Gasteiger partial charge is 0.506 e. The molecule has 132 valence electrons. The third kappa shape index (κ3) is 4.75. The Morgan fingerprint density at radius 3 is 2.50 bits per heavy atom. The molecular formula is C16H21Cl2N3O3. The van der Waals surface area contributed by atoms with Crippen LogP contribution in [0.5, 0.6) is 5.75 Å². The number of nitrogens with zero attached hydrogens (tertiary/aromatic N) is 2. The highest BCUT2D eigenvalue weighted by Gasteiger charge is 2.25. The van der Waals surface area contributed by atoms with Crippen LogP contribution in [0.4, 0.5) is 0 Å². The van der Waals surface area contributed by atoms with Crippen LogP contribution in [-0.2, 0) is 4.79 Å². The quantitative estimate of drug-likeness (QED) is 0.846. The highest BCUT2D eigenvalue weighted by molar-refractivity contribution is 6.36. The van der Waals surface area contributed by atoms with Gasteiger partial charge in [0.05, 0.1) is 17.1 Å². The first kappa shape index (κ1) is 18.8. The van der Waals surface area contributed by atoms with E-state index in [4.69, 9.17) is 23.2 Å². The van der Waals surface area contributed by atoms with Crippen molar-refractivity contribution in [1.29, 1.82) is 0 Å². The van der Waals surface area contributed by atoms with Crippen molar-refractivity contribution in [1.82, 2.24) is 15.1 Å². The maximum atomic E-state index is 12.3. The maximum absolute atomic E-state index is 12.3. The number of piperidine rings is 1. The minimum atomic E-state index is -0.421. The van der Waals surface area contributed by atoms with E-state index in [1.54, 1.807) is 4.90 Å². The van der Waals surface area contributed by atoms with Crippen LogP contribution in [0.2, 0.25) is 10.0 Å². The van der Waals surface area contributed by atoms with Gasteiger partial charge in [-0.2, -0.15) is 0 Å². The Labute approximate surface area is 151 Å². The van der Waals surface area contributed by atoms with E-state index in [9.17, 15) is 14.7 Å². The lowest BCUT2D eigenvalue weighted by Crippen LogP contribution is -2.48. The first-order valence-corrected chi connectivity index (χ1v) is 8.45. The van der Waals surface area contributed by atoms with Gasteiger partial charge in [0.15, 0.2) is 0 Å². The highest BCUT2D eigenvalue weighted by atomic mass is 35.5. The van der Waals surface area contributed by atoms with Crippen molar-refractivity contribution in [3.05, 3.63) is 27.7 Å². The topological polar surface area (TPSA) is 72.9 Å². The zero-order valence-corrected chi connectivity index (χ0v) is 15.2. The van der Waals surface area contributed by atoms with Crippen molar-refractivity contribution in [3.8, 4) is 5.75 Å². The number of benzene rings is 1. The molecule has 0 radical (unpaired) electrons. The number of nitrogens with one attached hydrogen (secondary N) is 1. The van der Waals surface area contributed by atoms with Crippen LogP contribution in [0, 0.1) is 0 Å². The van der Waals surface area contributed by atoms with Gasteiger partial charge < -0.3 is 20.2 Å². The van der Waals surface area contributed by atoms with Gasteiger partial charge in [-0.25, -0.2) is 0 Å². The monoisotopic (exact) mass is 373 g/mol. The van der Waals surface area contributed by atoms with Crippen LogP contribution in [0.3, 0.4) is 0 Å². The smallest absolute Gasteiger partial charge is 0.255 e. The fourth-order valence-corrected chi connectivity index (χ4v) is 3.14. The van der Waals surface area contributed by atoms with Crippen LogP contribution in [0.25, 0.3) is 0 Å². The fourth-order valence-electron chi connectivity index (χ4n) is 2.65. The highest BCUT2D eigenvalue weighted by Crippen LogP contribution is 2.31. The maximum Gasteiger partial charge on any atom is 0.255 e. The summed E-state index contributed by atoms with van der Waals surface area (Å²) in [7, 11) is 3.71. The summed E-state index contributed by atoms with van der Waals surface area (Å²) in [4.78, 5) is 28.0. The third-order valence-corrected chi connectivity index (χ3v) is 4.41. The molecule has 0 spiro atoms. The lowest BCUT2D eigenvalue weighted by atomic mass is 10.0. The predicted octanol–water partition coefficient (Wildman–Crippen LogP) is 1.98. The van der Waals surface area contributed by atoms with E-state index < -0.39 is 5.91 Å². The average Bonchev–Trinajstić information content (AvgIpc) is 2.50. The molecule has 1 aliphatic rings. The Morgan fingerprint density at radius 1 is 1.29 bits per heavy atom. The molecule has 2 amide bonds. The summed E-state index contributed by atoms with van der Waals surface area (Å²) in [6.07, 6.45) is 1.33. The lowest BCUT2D eigenvalue weighted by molar-refractivity contribution is -0.132. The van der Waals surface area contributed by atoms with Gasteiger partial charge in [-0.3, -0.25) is 9.59 Å². The summed E-state index contributed by atoms with van der Waals surface area (Å²) < 4.78 is 0. The zero-order chi connectivity index (χ0) is 17.9. The van der Waals surface area contributed by atoms with E-state index in [1.807, 2.05) is 19.0 Å². The molecule has 0 saturated carbocycles. The molecule has 0 atom stereocenters. The number of likely N-dealkylation sites (tertiary alicyclic amines) is 1. The summed E-state index contributed by atoms with van der Waals surface area (Å²) in [6, 6.07) is 2.70. The Hall–Kier alpha value is -1.50. The second-order valence-electron chi connectivity index (χ2n) is 6.15. The molecule has 24 heavy (non-hydrogen) atoms. The van der Waals surface area contributed by atoms with Crippen LogP contribution < -0.4 is 5.32 Å². The van der Waals surface area contributed by atoms with Crippen molar-refractivity contribution in [2.75, 3.05) is 33.7 Å². The molecule has 1 aliphatic heterocycles. The number of carbonyl (C=O) groups is 2. The van der Waals surface area contributed by atoms with Crippen LogP contribution in [0.1, 0.15) is 23.2 Å². The van der Waals surface area contributed by atoms with E-state index in [1.165, 1.54) is 12.1 Å². The van der Waals surface area contributed by atoms with Gasteiger partial charge in [0.25, 0.3) is 5.91 Å². The Morgan fingerprint density at radius 2 is 1.92 bits per heavy atom. The van der Waals surface area contributed by atoms with Gasteiger partial charge in [-0.15, -0.1) is 0 Å². The van der Waals surface area contributed by atoms with E-state index >= 15 is 0 Å². The van der Waals surface area contributed by atoms with E-state index in [0.717, 1.165) is 0 Å². The van der Waals surface area contributed by atoms with Gasteiger partial charge in [0.1, 0.15) is 5.75 Å². The molecule has 2 rings (SSSR count). The van der Waals surface area contributed by atoms with Crippen molar-refractivity contribution in [3.63, 3.8) is 0 Å².